The zero-order chi connectivity index (χ0) is 13.3. The monoisotopic (exact) mass is 270 g/mol. The third-order valence-corrected chi connectivity index (χ3v) is 3.51. The predicted molar refractivity (Wildman–Crippen MR) is 67.2 cm³/mol. The van der Waals surface area contributed by atoms with Crippen LogP contribution in [0.1, 0.15) is 40.0 Å². The van der Waals surface area contributed by atoms with Crippen LogP contribution < -0.4 is 0 Å². The van der Waals surface area contributed by atoms with Gasteiger partial charge >= 0.3 is 19.5 Å². The van der Waals surface area contributed by atoms with Gasteiger partial charge in [-0.3, -0.25) is 9.59 Å². The second-order valence-corrected chi connectivity index (χ2v) is 6.36. The summed E-state index contributed by atoms with van der Waals surface area (Å²) in [5.74, 6) is -0.622. The molecule has 94 valence electrons. The Morgan fingerprint density at radius 2 is 1.82 bits per heavy atom. The van der Waals surface area contributed by atoms with E-state index >= 15 is 0 Å². The van der Waals surface area contributed by atoms with E-state index in [2.05, 4.69) is 6.58 Å². The van der Waals surface area contributed by atoms with Crippen molar-refractivity contribution in [1.29, 1.82) is 0 Å². The van der Waals surface area contributed by atoms with Crippen molar-refractivity contribution in [1.82, 2.24) is 0 Å². The van der Waals surface area contributed by atoms with Crippen molar-refractivity contribution in [3.63, 3.8) is 0 Å². The summed E-state index contributed by atoms with van der Waals surface area (Å²) in [7, 11) is -0.246. The lowest BCUT2D eigenvalue weighted by Gasteiger charge is -2.07. The summed E-state index contributed by atoms with van der Waals surface area (Å²) in [6, 6.07) is 0. The Morgan fingerprint density at radius 1 is 1.24 bits per heavy atom. The summed E-state index contributed by atoms with van der Waals surface area (Å²) in [6.07, 6.45) is 2.24. The van der Waals surface area contributed by atoms with Gasteiger partial charge in [0.25, 0.3) is 11.9 Å². The fourth-order valence-corrected chi connectivity index (χ4v) is 2.01. The van der Waals surface area contributed by atoms with Gasteiger partial charge in [0, 0.05) is 12.3 Å². The molecule has 0 saturated heterocycles. The van der Waals surface area contributed by atoms with E-state index in [0.717, 1.165) is 12.8 Å². The molecule has 17 heavy (non-hydrogen) atoms. The molecule has 4 radical (unpaired) electrons. The molecule has 0 unspecified atom stereocenters. The number of carbonyl (C=O) groups excluding carboxylic acids is 2. The fourth-order valence-electron chi connectivity index (χ4n) is 0.741. The van der Waals surface area contributed by atoms with Gasteiger partial charge in [-0.1, -0.05) is 27.2 Å². The molecule has 0 saturated carbocycles. The first-order valence-electron chi connectivity index (χ1n) is 5.58. The molecule has 0 aliphatic rings. The summed E-state index contributed by atoms with van der Waals surface area (Å²) >= 11 is 0. The molecular weight excluding hydrogens is 252 g/mol. The summed E-state index contributed by atoms with van der Waals surface area (Å²) < 4.78 is 9.99. The minimum absolute atomic E-state index is 0.118. The molecule has 6 heteroatoms. The van der Waals surface area contributed by atoms with Crippen molar-refractivity contribution >= 4 is 31.5 Å². The number of rotatable bonds is 8. The molecule has 0 bridgehead atoms. The van der Waals surface area contributed by atoms with E-state index < -0.39 is 0 Å². The molecule has 0 rings (SSSR count). The summed E-state index contributed by atoms with van der Waals surface area (Å²) in [6.45, 7) is 9.26. The summed E-state index contributed by atoms with van der Waals surface area (Å²) in [4.78, 5) is 23.0. The lowest BCUT2D eigenvalue weighted by atomic mass is 10.2. The molecular formula is C11H18O4Si2. The highest BCUT2D eigenvalue weighted by molar-refractivity contribution is 6.64. The molecule has 0 aromatic heterocycles. The lowest BCUT2D eigenvalue weighted by Crippen LogP contribution is -2.20. The molecule has 4 nitrogen and oxygen atoms in total. The second kappa shape index (κ2) is 9.18. The first-order valence-corrected chi connectivity index (χ1v) is 7.40. The largest absolute Gasteiger partial charge is 0.512 e. The van der Waals surface area contributed by atoms with Crippen LogP contribution in [0.4, 0.5) is 0 Å². The van der Waals surface area contributed by atoms with Gasteiger partial charge in [0.2, 0.25) is 0 Å². The highest BCUT2D eigenvalue weighted by Crippen LogP contribution is 1.99. The van der Waals surface area contributed by atoms with Crippen molar-refractivity contribution in [2.45, 2.75) is 40.0 Å². The maximum Gasteiger partial charge on any atom is 0.349 e. The Kier molecular flexibility index (Phi) is 8.70. The van der Waals surface area contributed by atoms with Crippen LogP contribution in [0.2, 0.25) is 0 Å². The van der Waals surface area contributed by atoms with Crippen LogP contribution in [0.15, 0.2) is 11.4 Å². The van der Waals surface area contributed by atoms with Crippen molar-refractivity contribution < 1.29 is 18.4 Å². The van der Waals surface area contributed by atoms with Crippen LogP contribution in [0, 0.1) is 5.92 Å². The summed E-state index contributed by atoms with van der Waals surface area (Å²) in [5, 5.41) is 0. The SMILES string of the molecule is C=C([Si]OC(=O)CCCC)[Si]OC(=O)C(C)C. The zero-order valence-electron chi connectivity index (χ0n) is 10.5. The van der Waals surface area contributed by atoms with Gasteiger partial charge in [-0.15, -0.1) is 6.58 Å². The van der Waals surface area contributed by atoms with E-state index in [1.807, 2.05) is 6.92 Å². The second-order valence-electron chi connectivity index (χ2n) is 3.84. The Morgan fingerprint density at radius 3 is 2.35 bits per heavy atom. The standard InChI is InChI=1S/C11H18O4Si2/c1-5-6-7-10(12)14-16-9(4)17-15-11(13)8(2)3/h8H,4-7H2,1-3H3. The fraction of sp³-hybridized carbons (Fsp3) is 0.636. The van der Waals surface area contributed by atoms with Crippen LogP contribution in [-0.2, 0) is 18.4 Å². The zero-order valence-corrected chi connectivity index (χ0v) is 12.5. The summed E-state index contributed by atoms with van der Waals surface area (Å²) in [5.41, 5.74) is 0. The van der Waals surface area contributed by atoms with Crippen molar-refractivity contribution in [3.8, 4) is 0 Å². The van der Waals surface area contributed by atoms with Crippen molar-refractivity contribution in [3.05, 3.63) is 11.4 Å². The van der Waals surface area contributed by atoms with E-state index in [4.69, 9.17) is 8.85 Å². The number of unbranched alkanes of at least 4 members (excludes halogenated alkanes) is 1. The van der Waals surface area contributed by atoms with Gasteiger partial charge in [0.1, 0.15) is 0 Å². The van der Waals surface area contributed by atoms with E-state index in [9.17, 15) is 9.59 Å². The van der Waals surface area contributed by atoms with Crippen LogP contribution in [0.25, 0.3) is 0 Å². The molecule has 0 N–H and O–H groups in total. The number of carbonyl (C=O) groups is 2. The van der Waals surface area contributed by atoms with Gasteiger partial charge in [-0.2, -0.15) is 0 Å². The molecule has 0 amide bonds. The Hall–Kier alpha value is -0.886. The number of hydrogen-bond donors (Lipinski definition) is 0. The number of hydrogen-bond acceptors (Lipinski definition) is 4. The normalized spacial score (nSPS) is 10.1. The third-order valence-electron chi connectivity index (χ3n) is 1.77. The Bertz CT molecular complexity index is 277. The maximum atomic E-state index is 11.2. The average Bonchev–Trinajstić information content (AvgIpc) is 2.30. The third kappa shape index (κ3) is 8.87. The van der Waals surface area contributed by atoms with Crippen LogP contribution in [0.5, 0.6) is 0 Å². The molecule has 0 aliphatic carbocycles. The van der Waals surface area contributed by atoms with E-state index in [1.165, 1.54) is 0 Å². The molecule has 0 aliphatic heterocycles. The van der Waals surface area contributed by atoms with E-state index in [0.29, 0.717) is 11.2 Å². The van der Waals surface area contributed by atoms with Crippen LogP contribution in [-0.4, -0.2) is 31.5 Å². The first-order chi connectivity index (χ1) is 7.97. The molecule has 0 fully saturated rings. The predicted octanol–water partition coefficient (Wildman–Crippen LogP) is 1.63. The molecule has 0 atom stereocenters. The minimum atomic E-state index is -0.258. The molecule has 0 spiro atoms. The van der Waals surface area contributed by atoms with E-state index in [1.54, 1.807) is 13.8 Å². The maximum absolute atomic E-state index is 11.2. The van der Waals surface area contributed by atoms with Crippen molar-refractivity contribution in [2.75, 3.05) is 0 Å². The van der Waals surface area contributed by atoms with Gasteiger partial charge in [0.05, 0.1) is 0 Å². The molecule has 0 aromatic carbocycles. The smallest absolute Gasteiger partial charge is 0.349 e. The molecule has 0 heterocycles. The molecule has 0 aromatic rings. The van der Waals surface area contributed by atoms with E-state index in [-0.39, 0.29) is 37.4 Å². The van der Waals surface area contributed by atoms with Crippen molar-refractivity contribution in [2.24, 2.45) is 5.92 Å². The minimum Gasteiger partial charge on any atom is -0.512 e. The van der Waals surface area contributed by atoms with Crippen LogP contribution in [0.3, 0.4) is 0 Å². The topological polar surface area (TPSA) is 52.6 Å². The van der Waals surface area contributed by atoms with Gasteiger partial charge in [0.15, 0.2) is 0 Å². The Labute approximate surface area is 108 Å². The lowest BCUT2D eigenvalue weighted by molar-refractivity contribution is -0.137. The quantitative estimate of drug-likeness (QED) is 0.629. The van der Waals surface area contributed by atoms with Gasteiger partial charge in [-0.25, -0.2) is 0 Å². The van der Waals surface area contributed by atoms with Gasteiger partial charge in [-0.05, 0) is 11.2 Å². The van der Waals surface area contributed by atoms with Gasteiger partial charge < -0.3 is 8.85 Å². The first kappa shape index (κ1) is 16.1. The highest BCUT2D eigenvalue weighted by atomic mass is 28.3. The Balaban J connectivity index is 3.66. The van der Waals surface area contributed by atoms with Crippen LogP contribution >= 0.6 is 0 Å². The highest BCUT2D eigenvalue weighted by Gasteiger charge is 2.13. The average molecular weight is 270 g/mol.